The molecule has 0 aromatic heterocycles. The molecule has 2 nitrogen and oxygen atoms in total. The molecule has 0 saturated heterocycles. The van der Waals surface area contributed by atoms with Gasteiger partial charge in [-0.15, -0.1) is 0 Å². The lowest BCUT2D eigenvalue weighted by Gasteiger charge is -2.18. The molecule has 1 aliphatic heterocycles. The highest BCUT2D eigenvalue weighted by atomic mass is 79.9. The van der Waals surface area contributed by atoms with E-state index in [-0.39, 0.29) is 0 Å². The molecule has 104 valence electrons. The highest BCUT2D eigenvalue weighted by Gasteiger charge is 2.26. The first-order chi connectivity index (χ1) is 9.13. The summed E-state index contributed by atoms with van der Waals surface area (Å²) in [6.45, 7) is 5.48. The molecule has 1 N–H and O–H groups in total. The second-order valence-corrected chi connectivity index (χ2v) is 7.63. The number of nitrogens with zero attached hydrogens (tertiary/aromatic N) is 1. The number of hydrogen-bond acceptors (Lipinski definition) is 3. The van der Waals surface area contributed by atoms with E-state index in [1.165, 1.54) is 12.8 Å². The SMILES string of the molecule is CCC(CC)C1CN=C(Nc2ccc(Br)cc2Br)S1. The van der Waals surface area contributed by atoms with Gasteiger partial charge in [0.05, 0.1) is 12.2 Å². The number of nitrogens with one attached hydrogen (secondary N) is 1. The van der Waals surface area contributed by atoms with Gasteiger partial charge in [-0.1, -0.05) is 54.4 Å². The van der Waals surface area contributed by atoms with Crippen molar-refractivity contribution < 1.29 is 0 Å². The van der Waals surface area contributed by atoms with E-state index in [0.29, 0.717) is 5.25 Å². The van der Waals surface area contributed by atoms with Crippen LogP contribution in [0.15, 0.2) is 32.1 Å². The van der Waals surface area contributed by atoms with Gasteiger partial charge in [-0.25, -0.2) is 0 Å². The molecule has 5 heteroatoms. The summed E-state index contributed by atoms with van der Waals surface area (Å²) in [6, 6.07) is 6.13. The lowest BCUT2D eigenvalue weighted by atomic mass is 9.99. The van der Waals surface area contributed by atoms with Crippen LogP contribution in [0.4, 0.5) is 5.69 Å². The molecule has 0 amide bonds. The summed E-state index contributed by atoms with van der Waals surface area (Å²) >= 11 is 8.91. The van der Waals surface area contributed by atoms with Crippen LogP contribution in [0, 0.1) is 5.92 Å². The number of aliphatic imine (C=N–C) groups is 1. The molecule has 0 fully saturated rings. The van der Waals surface area contributed by atoms with Gasteiger partial charge >= 0.3 is 0 Å². The van der Waals surface area contributed by atoms with Crippen molar-refractivity contribution in [2.24, 2.45) is 10.9 Å². The largest absolute Gasteiger partial charge is 0.334 e. The fourth-order valence-electron chi connectivity index (χ4n) is 2.23. The molecule has 1 aromatic rings. The highest BCUT2D eigenvalue weighted by molar-refractivity contribution is 9.11. The summed E-state index contributed by atoms with van der Waals surface area (Å²) < 4.78 is 2.12. The first-order valence-corrected chi connectivity index (χ1v) is 9.03. The normalized spacial score (nSPS) is 18.8. The maximum absolute atomic E-state index is 4.63. The van der Waals surface area contributed by atoms with Crippen LogP contribution in [0.5, 0.6) is 0 Å². The zero-order valence-electron chi connectivity index (χ0n) is 11.1. The average Bonchev–Trinajstić information content (AvgIpc) is 2.83. The van der Waals surface area contributed by atoms with Crippen molar-refractivity contribution in [1.29, 1.82) is 0 Å². The van der Waals surface area contributed by atoms with Crippen LogP contribution in [0.1, 0.15) is 26.7 Å². The topological polar surface area (TPSA) is 24.4 Å². The van der Waals surface area contributed by atoms with Crippen LogP contribution in [-0.2, 0) is 0 Å². The lowest BCUT2D eigenvalue weighted by Crippen LogP contribution is -2.17. The third-order valence-electron chi connectivity index (χ3n) is 3.43. The highest BCUT2D eigenvalue weighted by Crippen LogP contribution is 2.33. The molecule has 1 heterocycles. The van der Waals surface area contributed by atoms with Gasteiger partial charge in [0.1, 0.15) is 0 Å². The summed E-state index contributed by atoms with van der Waals surface area (Å²) in [5.74, 6) is 0.765. The third kappa shape index (κ3) is 3.99. The van der Waals surface area contributed by atoms with E-state index in [2.05, 4.69) is 62.1 Å². The summed E-state index contributed by atoms with van der Waals surface area (Å²) in [5.41, 5.74) is 1.07. The van der Waals surface area contributed by atoms with Gasteiger partial charge in [0.2, 0.25) is 0 Å². The van der Waals surface area contributed by atoms with E-state index >= 15 is 0 Å². The van der Waals surface area contributed by atoms with Gasteiger partial charge in [0.15, 0.2) is 5.17 Å². The zero-order valence-corrected chi connectivity index (χ0v) is 15.1. The van der Waals surface area contributed by atoms with Gasteiger partial charge in [0, 0.05) is 14.2 Å². The van der Waals surface area contributed by atoms with Gasteiger partial charge in [0.25, 0.3) is 0 Å². The summed E-state index contributed by atoms with van der Waals surface area (Å²) in [7, 11) is 0. The predicted octanol–water partition coefficient (Wildman–Crippen LogP) is 5.53. The Morgan fingerprint density at radius 3 is 2.74 bits per heavy atom. The molecule has 0 aliphatic carbocycles. The summed E-state index contributed by atoms with van der Waals surface area (Å²) in [6.07, 6.45) is 2.47. The van der Waals surface area contributed by atoms with Crippen molar-refractivity contribution in [3.63, 3.8) is 0 Å². The summed E-state index contributed by atoms with van der Waals surface area (Å²) in [4.78, 5) is 4.63. The number of rotatable bonds is 4. The van der Waals surface area contributed by atoms with Crippen LogP contribution in [0.2, 0.25) is 0 Å². The van der Waals surface area contributed by atoms with Crippen molar-refractivity contribution in [3.8, 4) is 0 Å². The van der Waals surface area contributed by atoms with E-state index < -0.39 is 0 Å². The molecular weight excluding hydrogens is 388 g/mol. The average molecular weight is 406 g/mol. The molecule has 0 bridgehead atoms. The standard InChI is InChI=1S/C14H18Br2N2S/c1-3-9(4-2)13-8-17-14(19-13)18-12-6-5-10(15)7-11(12)16/h5-7,9,13H,3-4,8H2,1-2H3,(H,17,18). The molecule has 1 atom stereocenters. The molecule has 0 saturated carbocycles. The fourth-order valence-corrected chi connectivity index (χ4v) is 4.70. The van der Waals surface area contributed by atoms with Gasteiger partial charge in [-0.2, -0.15) is 0 Å². The van der Waals surface area contributed by atoms with Crippen molar-refractivity contribution >= 4 is 54.5 Å². The monoisotopic (exact) mass is 404 g/mol. The van der Waals surface area contributed by atoms with Crippen LogP contribution >= 0.6 is 43.6 Å². The second kappa shape index (κ2) is 7.14. The van der Waals surface area contributed by atoms with Crippen molar-refractivity contribution in [2.75, 3.05) is 11.9 Å². The maximum Gasteiger partial charge on any atom is 0.161 e. The summed E-state index contributed by atoms with van der Waals surface area (Å²) in [5, 5.41) is 5.09. The minimum atomic E-state index is 0.631. The second-order valence-electron chi connectivity index (χ2n) is 4.63. The smallest absolute Gasteiger partial charge is 0.161 e. The van der Waals surface area contributed by atoms with E-state index in [0.717, 1.165) is 32.3 Å². The fraction of sp³-hybridized carbons (Fsp3) is 0.500. The minimum Gasteiger partial charge on any atom is -0.334 e. The Bertz CT molecular complexity index is 473. The Labute approximate surface area is 136 Å². The number of hydrogen-bond donors (Lipinski definition) is 1. The van der Waals surface area contributed by atoms with E-state index in [1.807, 2.05) is 23.9 Å². The minimum absolute atomic E-state index is 0.631. The Balaban J connectivity index is 1.98. The molecule has 0 spiro atoms. The lowest BCUT2D eigenvalue weighted by molar-refractivity contribution is 0.479. The quantitative estimate of drug-likeness (QED) is 0.711. The number of benzene rings is 1. The van der Waals surface area contributed by atoms with E-state index in [4.69, 9.17) is 0 Å². The Kier molecular flexibility index (Phi) is 5.78. The number of anilines is 1. The van der Waals surface area contributed by atoms with Crippen molar-refractivity contribution in [3.05, 3.63) is 27.1 Å². The predicted molar refractivity (Wildman–Crippen MR) is 93.2 cm³/mol. The molecule has 0 radical (unpaired) electrons. The molecular formula is C14H18Br2N2S. The number of halogens is 2. The first-order valence-electron chi connectivity index (χ1n) is 6.57. The maximum atomic E-state index is 4.63. The van der Waals surface area contributed by atoms with Gasteiger partial charge in [-0.3, -0.25) is 4.99 Å². The molecule has 19 heavy (non-hydrogen) atoms. The van der Waals surface area contributed by atoms with Crippen molar-refractivity contribution in [2.45, 2.75) is 31.9 Å². The molecule has 1 unspecified atom stereocenters. The van der Waals surface area contributed by atoms with Crippen LogP contribution in [-0.4, -0.2) is 17.0 Å². The van der Waals surface area contributed by atoms with Crippen LogP contribution < -0.4 is 5.32 Å². The molecule has 1 aliphatic rings. The molecule has 1 aromatic carbocycles. The van der Waals surface area contributed by atoms with E-state index in [9.17, 15) is 0 Å². The van der Waals surface area contributed by atoms with Crippen molar-refractivity contribution in [1.82, 2.24) is 0 Å². The van der Waals surface area contributed by atoms with Crippen LogP contribution in [0.3, 0.4) is 0 Å². The Hall–Kier alpha value is -0.000000000000000111. The van der Waals surface area contributed by atoms with Crippen LogP contribution in [0.25, 0.3) is 0 Å². The first kappa shape index (κ1) is 15.4. The van der Waals surface area contributed by atoms with Gasteiger partial charge < -0.3 is 5.32 Å². The van der Waals surface area contributed by atoms with E-state index in [1.54, 1.807) is 0 Å². The Morgan fingerprint density at radius 1 is 1.37 bits per heavy atom. The third-order valence-corrected chi connectivity index (χ3v) is 5.87. The number of amidine groups is 1. The molecule has 2 rings (SSSR count). The zero-order chi connectivity index (χ0) is 13.8. The Morgan fingerprint density at radius 2 is 2.11 bits per heavy atom. The van der Waals surface area contributed by atoms with Gasteiger partial charge in [-0.05, 0) is 40.0 Å². The number of thioether (sulfide) groups is 1.